The van der Waals surface area contributed by atoms with Crippen molar-refractivity contribution >= 4 is 29.0 Å². The Morgan fingerprint density at radius 1 is 1.08 bits per heavy atom. The predicted octanol–water partition coefficient (Wildman–Crippen LogP) is 3.83. The van der Waals surface area contributed by atoms with Gasteiger partial charge in [0.15, 0.2) is 0 Å². The van der Waals surface area contributed by atoms with Crippen molar-refractivity contribution in [3.63, 3.8) is 0 Å². The van der Waals surface area contributed by atoms with Gasteiger partial charge in [0, 0.05) is 30.4 Å². The van der Waals surface area contributed by atoms with Crippen LogP contribution in [0, 0.1) is 0 Å². The second kappa shape index (κ2) is 7.77. The van der Waals surface area contributed by atoms with Gasteiger partial charge in [-0.2, -0.15) is 0 Å². The van der Waals surface area contributed by atoms with Gasteiger partial charge in [0.2, 0.25) is 0 Å². The summed E-state index contributed by atoms with van der Waals surface area (Å²) in [5.41, 5.74) is 2.14. The maximum Gasteiger partial charge on any atom is 0.270 e. The lowest BCUT2D eigenvalue weighted by molar-refractivity contribution is 0.0946. The first kappa shape index (κ1) is 16.9. The lowest BCUT2D eigenvalue weighted by Gasteiger charge is -2.18. The highest BCUT2D eigenvalue weighted by Crippen LogP contribution is 2.21. The second-order valence-corrected chi connectivity index (χ2v) is 5.84. The first-order valence-electron chi connectivity index (χ1n) is 7.77. The Balaban J connectivity index is 1.72. The smallest absolute Gasteiger partial charge is 0.270 e. The number of aromatic nitrogens is 2. The quantitative estimate of drug-likeness (QED) is 0.758. The number of benzene rings is 2. The molecule has 1 amide bonds. The molecule has 2 aromatic carbocycles. The third-order valence-electron chi connectivity index (χ3n) is 3.77. The lowest BCUT2D eigenvalue weighted by Crippen LogP contribution is -2.24. The fourth-order valence-corrected chi connectivity index (χ4v) is 2.55. The molecule has 25 heavy (non-hydrogen) atoms. The Kier molecular flexibility index (Phi) is 5.26. The van der Waals surface area contributed by atoms with Crippen LogP contribution in [-0.2, 0) is 6.54 Å². The van der Waals surface area contributed by atoms with Crippen molar-refractivity contribution in [1.29, 1.82) is 0 Å². The van der Waals surface area contributed by atoms with Gasteiger partial charge in [0.1, 0.15) is 17.8 Å². The third-order valence-corrected chi connectivity index (χ3v) is 4.14. The molecule has 0 bridgehead atoms. The van der Waals surface area contributed by atoms with Gasteiger partial charge < -0.3 is 10.2 Å². The fraction of sp³-hybridized carbons (Fsp3) is 0.105. The van der Waals surface area contributed by atoms with E-state index in [9.17, 15) is 4.79 Å². The van der Waals surface area contributed by atoms with Gasteiger partial charge in [-0.25, -0.2) is 9.97 Å². The van der Waals surface area contributed by atoms with Crippen LogP contribution in [0.2, 0.25) is 5.02 Å². The Labute approximate surface area is 151 Å². The fourth-order valence-electron chi connectivity index (χ4n) is 2.35. The van der Waals surface area contributed by atoms with Crippen molar-refractivity contribution < 1.29 is 4.79 Å². The summed E-state index contributed by atoms with van der Waals surface area (Å²) in [6.07, 6.45) is 1.39. The van der Waals surface area contributed by atoms with E-state index in [0.29, 0.717) is 23.1 Å². The largest absolute Gasteiger partial charge is 0.347 e. The minimum absolute atomic E-state index is 0.273. The number of rotatable bonds is 5. The molecular formula is C19H17ClN4O. The Hall–Kier alpha value is -2.92. The van der Waals surface area contributed by atoms with Crippen molar-refractivity contribution in [3.05, 3.63) is 83.3 Å². The third kappa shape index (κ3) is 4.14. The van der Waals surface area contributed by atoms with Crippen LogP contribution in [0.4, 0.5) is 11.5 Å². The molecule has 5 nitrogen and oxygen atoms in total. The van der Waals surface area contributed by atoms with Gasteiger partial charge in [-0.3, -0.25) is 4.79 Å². The Morgan fingerprint density at radius 2 is 1.80 bits per heavy atom. The highest BCUT2D eigenvalue weighted by Gasteiger charge is 2.12. The first-order chi connectivity index (χ1) is 12.1. The summed E-state index contributed by atoms with van der Waals surface area (Å²) < 4.78 is 0. The molecule has 126 valence electrons. The number of nitrogens with zero attached hydrogens (tertiary/aromatic N) is 3. The molecule has 3 rings (SSSR count). The minimum Gasteiger partial charge on any atom is -0.347 e. The molecule has 0 fully saturated rings. The summed E-state index contributed by atoms with van der Waals surface area (Å²) in [6, 6.07) is 18.8. The van der Waals surface area contributed by atoms with Crippen LogP contribution in [0.25, 0.3) is 0 Å². The average Bonchev–Trinajstić information content (AvgIpc) is 2.67. The predicted molar refractivity (Wildman–Crippen MR) is 99.2 cm³/mol. The van der Waals surface area contributed by atoms with Gasteiger partial charge >= 0.3 is 0 Å². The summed E-state index contributed by atoms with van der Waals surface area (Å²) in [6.45, 7) is 0.340. The molecule has 0 aliphatic carbocycles. The van der Waals surface area contributed by atoms with Crippen LogP contribution in [-0.4, -0.2) is 22.9 Å². The van der Waals surface area contributed by atoms with Gasteiger partial charge in [-0.1, -0.05) is 48.0 Å². The first-order valence-corrected chi connectivity index (χ1v) is 8.15. The summed E-state index contributed by atoms with van der Waals surface area (Å²) in [5, 5.41) is 3.45. The van der Waals surface area contributed by atoms with Gasteiger partial charge in [-0.05, 0) is 23.8 Å². The molecule has 0 radical (unpaired) electrons. The highest BCUT2D eigenvalue weighted by molar-refractivity contribution is 6.31. The molecule has 0 aliphatic heterocycles. The summed E-state index contributed by atoms with van der Waals surface area (Å²) >= 11 is 6.10. The number of amides is 1. The molecule has 1 aromatic heterocycles. The highest BCUT2D eigenvalue weighted by atomic mass is 35.5. The van der Waals surface area contributed by atoms with E-state index in [1.54, 1.807) is 12.1 Å². The topological polar surface area (TPSA) is 58.1 Å². The molecule has 3 aromatic rings. The zero-order chi connectivity index (χ0) is 17.6. The molecule has 0 saturated heterocycles. The SMILES string of the molecule is CN(c1ccccc1)c1cc(C(=O)NCc2ccccc2Cl)ncn1. The standard InChI is InChI=1S/C19H17ClN4O/c1-24(15-8-3-2-4-9-15)18-11-17(22-13-23-18)19(25)21-12-14-7-5-6-10-16(14)20/h2-11,13H,12H2,1H3,(H,21,25). The van der Waals surface area contributed by atoms with E-state index in [1.165, 1.54) is 6.33 Å². The number of halogens is 1. The number of hydrogen-bond acceptors (Lipinski definition) is 4. The molecular weight excluding hydrogens is 336 g/mol. The number of anilines is 2. The molecule has 0 spiro atoms. The molecule has 0 atom stereocenters. The van der Waals surface area contributed by atoms with Crippen LogP contribution in [0.15, 0.2) is 67.0 Å². The van der Waals surface area contributed by atoms with E-state index < -0.39 is 0 Å². The normalized spacial score (nSPS) is 10.3. The Bertz CT molecular complexity index is 870. The van der Waals surface area contributed by atoms with Crippen molar-refractivity contribution in [3.8, 4) is 0 Å². The summed E-state index contributed by atoms with van der Waals surface area (Å²) in [4.78, 5) is 22.6. The zero-order valence-electron chi connectivity index (χ0n) is 13.7. The number of carbonyl (C=O) groups excluding carboxylic acids is 1. The maximum absolute atomic E-state index is 12.4. The van der Waals surface area contributed by atoms with Crippen molar-refractivity contribution in [2.75, 3.05) is 11.9 Å². The Morgan fingerprint density at radius 3 is 2.56 bits per heavy atom. The van der Waals surface area contributed by atoms with Crippen molar-refractivity contribution in [1.82, 2.24) is 15.3 Å². The maximum atomic E-state index is 12.4. The van der Waals surface area contributed by atoms with Crippen molar-refractivity contribution in [2.45, 2.75) is 6.54 Å². The zero-order valence-corrected chi connectivity index (χ0v) is 14.4. The van der Waals surface area contributed by atoms with Crippen LogP contribution in [0.5, 0.6) is 0 Å². The number of hydrogen-bond donors (Lipinski definition) is 1. The minimum atomic E-state index is -0.273. The molecule has 1 N–H and O–H groups in total. The summed E-state index contributed by atoms with van der Waals surface area (Å²) in [7, 11) is 1.89. The number of nitrogens with one attached hydrogen (secondary N) is 1. The van der Waals surface area contributed by atoms with E-state index >= 15 is 0 Å². The van der Waals surface area contributed by atoms with E-state index in [2.05, 4.69) is 15.3 Å². The molecule has 1 heterocycles. The van der Waals surface area contributed by atoms with Crippen LogP contribution in [0.1, 0.15) is 16.1 Å². The number of carbonyl (C=O) groups is 1. The average molecular weight is 353 g/mol. The van der Waals surface area contributed by atoms with Gasteiger partial charge in [0.05, 0.1) is 0 Å². The second-order valence-electron chi connectivity index (χ2n) is 5.43. The lowest BCUT2D eigenvalue weighted by atomic mass is 10.2. The van der Waals surface area contributed by atoms with E-state index in [4.69, 9.17) is 11.6 Å². The van der Waals surface area contributed by atoms with Gasteiger partial charge in [-0.15, -0.1) is 0 Å². The molecule has 0 aliphatic rings. The van der Waals surface area contributed by atoms with Crippen LogP contribution in [0.3, 0.4) is 0 Å². The monoisotopic (exact) mass is 352 g/mol. The molecule has 6 heteroatoms. The number of para-hydroxylation sites is 1. The van der Waals surface area contributed by atoms with Crippen LogP contribution >= 0.6 is 11.6 Å². The van der Waals surface area contributed by atoms with Crippen molar-refractivity contribution in [2.24, 2.45) is 0 Å². The van der Waals surface area contributed by atoms with E-state index in [1.807, 2.05) is 60.5 Å². The van der Waals surface area contributed by atoms with E-state index in [-0.39, 0.29) is 5.91 Å². The van der Waals surface area contributed by atoms with Crippen LogP contribution < -0.4 is 10.2 Å². The summed E-state index contributed by atoms with van der Waals surface area (Å²) in [5.74, 6) is 0.370. The molecule has 0 saturated carbocycles. The van der Waals surface area contributed by atoms with E-state index in [0.717, 1.165) is 11.3 Å². The van der Waals surface area contributed by atoms with Gasteiger partial charge in [0.25, 0.3) is 5.91 Å². The molecule has 0 unspecified atom stereocenters.